The number of carbonyl (C=O) groups is 2. The van der Waals surface area contributed by atoms with E-state index in [1.165, 1.54) is 0 Å². The van der Waals surface area contributed by atoms with Gasteiger partial charge < -0.3 is 20.0 Å². The van der Waals surface area contributed by atoms with Crippen molar-refractivity contribution in [3.8, 4) is 0 Å². The number of aliphatic carboxylic acids is 1. The molecule has 3 N–H and O–H groups in total. The Kier molecular flexibility index (Phi) is 2.75. The van der Waals surface area contributed by atoms with E-state index in [9.17, 15) is 14.7 Å². The maximum absolute atomic E-state index is 11.2. The predicted octanol–water partition coefficient (Wildman–Crippen LogP) is -1.60. The van der Waals surface area contributed by atoms with Gasteiger partial charge in [-0.1, -0.05) is 0 Å². The van der Waals surface area contributed by atoms with Crippen LogP contribution in [0.3, 0.4) is 0 Å². The summed E-state index contributed by atoms with van der Waals surface area (Å²) in [6.07, 6.45) is -1.29. The summed E-state index contributed by atoms with van der Waals surface area (Å²) in [4.78, 5) is 22.3. The van der Waals surface area contributed by atoms with Gasteiger partial charge in [0.05, 0.1) is 21.1 Å². The predicted molar refractivity (Wildman–Crippen MR) is 52.0 cm³/mol. The molecule has 1 saturated heterocycles. The van der Waals surface area contributed by atoms with Crippen molar-refractivity contribution in [2.75, 3.05) is 27.7 Å². The van der Waals surface area contributed by atoms with Gasteiger partial charge in [0.15, 0.2) is 5.54 Å². The number of quaternary nitrogens is 1. The Morgan fingerprint density at radius 2 is 2.13 bits per heavy atom. The van der Waals surface area contributed by atoms with Gasteiger partial charge in [0.25, 0.3) is 0 Å². The van der Waals surface area contributed by atoms with Gasteiger partial charge in [-0.3, -0.25) is 4.79 Å². The number of carbonyl (C=O) groups excluding carboxylic acids is 1. The van der Waals surface area contributed by atoms with Crippen LogP contribution < -0.4 is 5.32 Å². The zero-order valence-corrected chi connectivity index (χ0v) is 9.15. The second-order valence-corrected chi connectivity index (χ2v) is 5.04. The number of hydrogen-bond donors (Lipinski definition) is 3. The molecule has 0 spiro atoms. The van der Waals surface area contributed by atoms with Crippen LogP contribution in [0, 0.1) is 0 Å². The largest absolute Gasteiger partial charge is 0.479 e. The number of nitrogens with zero attached hydrogens (tertiary/aromatic N) is 1. The Labute approximate surface area is 88.1 Å². The fourth-order valence-electron chi connectivity index (χ4n) is 1.92. The van der Waals surface area contributed by atoms with Crippen LogP contribution in [0.15, 0.2) is 0 Å². The van der Waals surface area contributed by atoms with E-state index < -0.39 is 23.5 Å². The third-order valence-corrected chi connectivity index (χ3v) is 2.36. The average molecular weight is 217 g/mol. The van der Waals surface area contributed by atoms with Gasteiger partial charge in [0.1, 0.15) is 12.6 Å². The Morgan fingerprint density at radius 3 is 2.40 bits per heavy atom. The topological polar surface area (TPSA) is 86.6 Å². The van der Waals surface area contributed by atoms with E-state index in [4.69, 9.17) is 5.11 Å². The Morgan fingerprint density at radius 1 is 1.60 bits per heavy atom. The molecule has 0 unspecified atom stereocenters. The standard InChI is InChI=1S/C9H16N2O4/c1-11(2,3)5-9(8(14)15)4-6(12)7(13)10-9/h6,12H,4-5H2,1-3H3,(H-,10,13,14,15)/p+1/t6-,9-/m1/s1. The zero-order chi connectivity index (χ0) is 11.9. The molecule has 2 atom stereocenters. The molecule has 15 heavy (non-hydrogen) atoms. The summed E-state index contributed by atoms with van der Waals surface area (Å²) in [5.74, 6) is -1.70. The minimum atomic E-state index is -1.34. The number of hydrogen-bond acceptors (Lipinski definition) is 3. The number of rotatable bonds is 3. The molecule has 0 aliphatic carbocycles. The molecule has 86 valence electrons. The maximum Gasteiger partial charge on any atom is 0.335 e. The van der Waals surface area contributed by atoms with Gasteiger partial charge in [-0.2, -0.15) is 0 Å². The van der Waals surface area contributed by atoms with Gasteiger partial charge >= 0.3 is 5.97 Å². The highest BCUT2D eigenvalue weighted by Crippen LogP contribution is 2.23. The summed E-state index contributed by atoms with van der Waals surface area (Å²) in [6, 6.07) is 0. The van der Waals surface area contributed by atoms with Crippen molar-refractivity contribution >= 4 is 11.9 Å². The van der Waals surface area contributed by atoms with Crippen LogP contribution in [0.1, 0.15) is 6.42 Å². The first kappa shape index (κ1) is 11.9. The smallest absolute Gasteiger partial charge is 0.335 e. The van der Waals surface area contributed by atoms with Crippen LogP contribution in [-0.2, 0) is 9.59 Å². The van der Waals surface area contributed by atoms with Gasteiger partial charge in [-0.05, 0) is 0 Å². The number of carboxylic acid groups (broad SMARTS) is 1. The first-order chi connectivity index (χ1) is 6.66. The normalized spacial score (nSPS) is 31.5. The molecular formula is C9H17N2O4+. The first-order valence-electron chi connectivity index (χ1n) is 4.70. The van der Waals surface area contributed by atoms with Crippen LogP contribution in [-0.4, -0.2) is 65.9 Å². The minimum Gasteiger partial charge on any atom is -0.479 e. The second kappa shape index (κ2) is 3.46. The lowest BCUT2D eigenvalue weighted by Crippen LogP contribution is -2.59. The number of nitrogens with one attached hydrogen (secondary N) is 1. The van der Waals surface area contributed by atoms with Gasteiger partial charge in [0, 0.05) is 6.42 Å². The van der Waals surface area contributed by atoms with E-state index in [0.717, 1.165) is 0 Å². The lowest BCUT2D eigenvalue weighted by atomic mass is 9.95. The summed E-state index contributed by atoms with van der Waals surface area (Å²) < 4.78 is 0.402. The summed E-state index contributed by atoms with van der Waals surface area (Å²) >= 11 is 0. The SMILES string of the molecule is C[N+](C)(C)C[C@@]1(C(=O)O)C[C@@H](O)C(=O)N1. The van der Waals surface area contributed by atoms with E-state index >= 15 is 0 Å². The molecule has 6 heteroatoms. The molecule has 0 bridgehead atoms. The molecule has 1 rings (SSSR count). The number of aliphatic hydroxyl groups is 1. The molecule has 6 nitrogen and oxygen atoms in total. The Balaban J connectivity index is 2.92. The summed E-state index contributed by atoms with van der Waals surface area (Å²) in [6.45, 7) is 0.241. The highest BCUT2D eigenvalue weighted by atomic mass is 16.4. The van der Waals surface area contributed by atoms with Crippen LogP contribution in [0.5, 0.6) is 0 Å². The quantitative estimate of drug-likeness (QED) is 0.497. The van der Waals surface area contributed by atoms with Crippen molar-refractivity contribution in [1.82, 2.24) is 5.32 Å². The van der Waals surface area contributed by atoms with Gasteiger partial charge in [-0.15, -0.1) is 0 Å². The van der Waals surface area contributed by atoms with Crippen molar-refractivity contribution in [2.45, 2.75) is 18.1 Å². The second-order valence-electron chi connectivity index (χ2n) is 5.04. The van der Waals surface area contributed by atoms with Gasteiger partial charge in [-0.25, -0.2) is 4.79 Å². The molecule has 0 aromatic heterocycles. The fourth-order valence-corrected chi connectivity index (χ4v) is 1.92. The third-order valence-electron chi connectivity index (χ3n) is 2.36. The van der Waals surface area contributed by atoms with Crippen LogP contribution >= 0.6 is 0 Å². The molecular weight excluding hydrogens is 200 g/mol. The molecule has 0 aromatic rings. The number of likely N-dealkylation sites (N-methyl/N-ethyl adjacent to an activating group) is 1. The Bertz CT molecular complexity index is 297. The molecule has 1 fully saturated rings. The monoisotopic (exact) mass is 217 g/mol. The molecule has 0 radical (unpaired) electrons. The molecule has 0 saturated carbocycles. The number of amides is 1. The average Bonchev–Trinajstić information content (AvgIpc) is 2.24. The van der Waals surface area contributed by atoms with E-state index in [-0.39, 0.29) is 13.0 Å². The Hall–Kier alpha value is -1.14. The molecule has 1 amide bonds. The lowest BCUT2D eigenvalue weighted by Gasteiger charge is -2.33. The number of carboxylic acids is 1. The zero-order valence-electron chi connectivity index (χ0n) is 9.15. The number of aliphatic hydroxyl groups excluding tert-OH is 1. The first-order valence-corrected chi connectivity index (χ1v) is 4.70. The molecule has 1 aliphatic rings. The summed E-state index contributed by atoms with van der Waals surface area (Å²) in [7, 11) is 5.50. The van der Waals surface area contributed by atoms with E-state index in [1.54, 1.807) is 0 Å². The molecule has 1 heterocycles. The van der Waals surface area contributed by atoms with Crippen LogP contribution in [0.2, 0.25) is 0 Å². The third kappa shape index (κ3) is 2.45. The van der Waals surface area contributed by atoms with Crippen molar-refractivity contribution in [1.29, 1.82) is 0 Å². The molecule has 0 aromatic carbocycles. The highest BCUT2D eigenvalue weighted by molar-refractivity contribution is 5.93. The highest BCUT2D eigenvalue weighted by Gasteiger charge is 2.52. The summed E-state index contributed by atoms with van der Waals surface area (Å²) in [5, 5.41) is 20.8. The van der Waals surface area contributed by atoms with Gasteiger partial charge in [0.2, 0.25) is 5.91 Å². The van der Waals surface area contributed by atoms with E-state index in [2.05, 4.69) is 5.32 Å². The lowest BCUT2D eigenvalue weighted by molar-refractivity contribution is -0.873. The fraction of sp³-hybridized carbons (Fsp3) is 0.778. The van der Waals surface area contributed by atoms with Crippen molar-refractivity contribution in [3.05, 3.63) is 0 Å². The van der Waals surface area contributed by atoms with E-state index in [1.807, 2.05) is 21.1 Å². The van der Waals surface area contributed by atoms with Crippen LogP contribution in [0.25, 0.3) is 0 Å². The van der Waals surface area contributed by atoms with Crippen molar-refractivity contribution < 1.29 is 24.3 Å². The van der Waals surface area contributed by atoms with Crippen LogP contribution in [0.4, 0.5) is 0 Å². The van der Waals surface area contributed by atoms with Crippen molar-refractivity contribution in [2.24, 2.45) is 0 Å². The minimum absolute atomic E-state index is 0.0727. The van der Waals surface area contributed by atoms with Crippen molar-refractivity contribution in [3.63, 3.8) is 0 Å². The van der Waals surface area contributed by atoms with E-state index in [0.29, 0.717) is 4.48 Å². The molecule has 1 aliphatic heterocycles. The maximum atomic E-state index is 11.2. The summed E-state index contributed by atoms with van der Waals surface area (Å²) in [5.41, 5.74) is -1.34.